The Morgan fingerprint density at radius 3 is 2.47 bits per heavy atom. The number of benzene rings is 3. The first kappa shape index (κ1) is 26.8. The van der Waals surface area contributed by atoms with Gasteiger partial charge in [-0.05, 0) is 72.0 Å². The number of nitro groups is 1. The van der Waals surface area contributed by atoms with Crippen molar-refractivity contribution in [3.63, 3.8) is 0 Å². The van der Waals surface area contributed by atoms with Gasteiger partial charge in [0, 0.05) is 23.4 Å². The number of amides is 1. The Morgan fingerprint density at radius 1 is 1.13 bits per heavy atom. The molecule has 0 aromatic heterocycles. The number of anilines is 1. The number of ether oxygens (including phenoxy) is 2. The third kappa shape index (κ3) is 6.54. The molecule has 0 spiro atoms. The summed E-state index contributed by atoms with van der Waals surface area (Å²) in [5.74, 6) is 0.930. The van der Waals surface area contributed by atoms with E-state index in [0.717, 1.165) is 28.8 Å². The predicted octanol–water partition coefficient (Wildman–Crippen LogP) is 6.07. The highest BCUT2D eigenvalue weighted by Crippen LogP contribution is 2.37. The number of nitrogens with one attached hydrogen (secondary N) is 2. The molecule has 2 N–H and O–H groups in total. The first-order valence-corrected chi connectivity index (χ1v) is 13.0. The summed E-state index contributed by atoms with van der Waals surface area (Å²) in [5.41, 5.74) is 4.37. The van der Waals surface area contributed by atoms with E-state index in [1.807, 2.05) is 30.3 Å². The molecule has 1 fully saturated rings. The van der Waals surface area contributed by atoms with E-state index in [2.05, 4.69) is 36.3 Å². The maximum absolute atomic E-state index is 12.7. The molecule has 3 aromatic carbocycles. The van der Waals surface area contributed by atoms with Crippen molar-refractivity contribution < 1.29 is 19.2 Å². The van der Waals surface area contributed by atoms with Crippen LogP contribution in [-0.2, 0) is 24.2 Å². The minimum atomic E-state index is -0.437. The molecule has 8 nitrogen and oxygen atoms in total. The highest BCUT2D eigenvalue weighted by molar-refractivity contribution is 8.05. The van der Waals surface area contributed by atoms with Crippen molar-refractivity contribution in [2.45, 2.75) is 31.9 Å². The van der Waals surface area contributed by atoms with E-state index in [4.69, 9.17) is 9.47 Å². The third-order valence-corrected chi connectivity index (χ3v) is 6.99. The Kier molecular flexibility index (Phi) is 8.70. The molecule has 1 aliphatic rings. The average Bonchev–Trinajstić information content (AvgIpc) is 3.26. The lowest BCUT2D eigenvalue weighted by Crippen LogP contribution is -2.30. The normalized spacial score (nSPS) is 15.7. The van der Waals surface area contributed by atoms with Crippen molar-refractivity contribution in [2.75, 3.05) is 12.4 Å². The summed E-state index contributed by atoms with van der Waals surface area (Å²) in [6, 6.07) is 18.1. The Bertz CT molecular complexity index is 1350. The summed E-state index contributed by atoms with van der Waals surface area (Å²) in [6.07, 6.45) is 5.10. The number of carbonyl (C=O) groups excluding carboxylic acids is 1. The number of hydrogen-bond acceptors (Lipinski definition) is 7. The Balaban J connectivity index is 1.51. The van der Waals surface area contributed by atoms with E-state index in [-0.39, 0.29) is 23.7 Å². The molecule has 0 unspecified atom stereocenters. The topological polar surface area (TPSA) is 103 Å². The van der Waals surface area contributed by atoms with Crippen LogP contribution in [0.5, 0.6) is 11.5 Å². The first-order valence-electron chi connectivity index (χ1n) is 12.1. The van der Waals surface area contributed by atoms with E-state index in [1.54, 1.807) is 25.3 Å². The number of aryl methyl sites for hydroxylation is 1. The van der Waals surface area contributed by atoms with Gasteiger partial charge in [-0.1, -0.05) is 36.9 Å². The zero-order valence-electron chi connectivity index (χ0n) is 21.2. The van der Waals surface area contributed by atoms with Crippen LogP contribution in [-0.4, -0.2) is 23.4 Å². The molecule has 1 aliphatic heterocycles. The molecular formula is C29H29N3O5S. The average molecular weight is 532 g/mol. The van der Waals surface area contributed by atoms with Crippen molar-refractivity contribution in [1.29, 1.82) is 0 Å². The van der Waals surface area contributed by atoms with Gasteiger partial charge in [-0.3, -0.25) is 14.9 Å². The van der Waals surface area contributed by atoms with E-state index in [9.17, 15) is 14.9 Å². The summed E-state index contributed by atoms with van der Waals surface area (Å²) in [5, 5.41) is 17.2. The van der Waals surface area contributed by atoms with Crippen molar-refractivity contribution in [3.8, 4) is 11.5 Å². The van der Waals surface area contributed by atoms with E-state index >= 15 is 0 Å². The second-order valence-corrected chi connectivity index (χ2v) is 9.74. The lowest BCUT2D eigenvalue weighted by atomic mass is 10.0. The van der Waals surface area contributed by atoms with Crippen LogP contribution in [0.2, 0.25) is 0 Å². The highest BCUT2D eigenvalue weighted by atomic mass is 32.2. The van der Waals surface area contributed by atoms with Crippen LogP contribution in [0.1, 0.15) is 29.2 Å². The number of methoxy groups -OCH3 is 1. The van der Waals surface area contributed by atoms with Gasteiger partial charge in [0.25, 0.3) is 11.6 Å². The maximum atomic E-state index is 12.7. The number of non-ortho nitro benzene ring substituents is 1. The molecule has 0 saturated carbocycles. The number of hydrogen-bond donors (Lipinski definition) is 2. The SMILES string of the molecule is C=CCc1cc(/C=C2\S[C@@H](Nc3ccc(CC)cc3)NC2=O)cc(OC)c1OCc1ccc([N+](=O)[O-])cc1. The molecule has 1 saturated heterocycles. The van der Waals surface area contributed by atoms with Crippen LogP contribution in [0.3, 0.4) is 0 Å². The third-order valence-electron chi connectivity index (χ3n) is 5.96. The van der Waals surface area contributed by atoms with Crippen LogP contribution in [0.15, 0.2) is 78.2 Å². The maximum Gasteiger partial charge on any atom is 0.269 e. The minimum absolute atomic E-state index is 0.0247. The fourth-order valence-electron chi connectivity index (χ4n) is 3.96. The molecule has 0 aliphatic carbocycles. The van der Waals surface area contributed by atoms with Crippen molar-refractivity contribution in [2.24, 2.45) is 0 Å². The van der Waals surface area contributed by atoms with Gasteiger partial charge in [-0.15, -0.1) is 6.58 Å². The molecule has 3 aromatic rings. The second-order valence-electron chi connectivity index (χ2n) is 8.59. The summed E-state index contributed by atoms with van der Waals surface area (Å²) < 4.78 is 11.7. The van der Waals surface area contributed by atoms with Gasteiger partial charge in [0.2, 0.25) is 0 Å². The monoisotopic (exact) mass is 531 g/mol. The van der Waals surface area contributed by atoms with Gasteiger partial charge in [-0.2, -0.15) is 0 Å². The van der Waals surface area contributed by atoms with E-state index in [1.165, 1.54) is 29.5 Å². The summed E-state index contributed by atoms with van der Waals surface area (Å²) in [6.45, 7) is 6.17. The number of nitro benzene ring substituents is 1. The minimum Gasteiger partial charge on any atom is -0.493 e. The zero-order chi connectivity index (χ0) is 27.1. The second kappa shape index (κ2) is 12.3. The van der Waals surface area contributed by atoms with Crippen LogP contribution in [0.25, 0.3) is 6.08 Å². The number of rotatable bonds is 11. The quantitative estimate of drug-likeness (QED) is 0.134. The molecule has 196 valence electrons. The predicted molar refractivity (Wildman–Crippen MR) is 151 cm³/mol. The van der Waals surface area contributed by atoms with Crippen molar-refractivity contribution in [3.05, 3.63) is 111 Å². The number of nitrogens with zero attached hydrogens (tertiary/aromatic N) is 1. The smallest absolute Gasteiger partial charge is 0.269 e. The standard InChI is InChI=1S/C29H29N3O5S/c1-4-6-22-15-21(16-25(36-3)27(22)37-18-20-9-13-24(14-10-20)32(34)35)17-26-28(33)31-29(38-26)30-23-11-7-19(5-2)8-12-23/h4,7-17,29-30H,1,5-6,18H2,2-3H3,(H,31,33)/b26-17-/t29-/m0/s1. The Labute approximate surface area is 225 Å². The van der Waals surface area contributed by atoms with Gasteiger partial charge < -0.3 is 20.1 Å². The molecule has 1 heterocycles. The van der Waals surface area contributed by atoms with Gasteiger partial charge in [-0.25, -0.2) is 0 Å². The lowest BCUT2D eigenvalue weighted by Gasteiger charge is -2.16. The molecule has 0 radical (unpaired) electrons. The van der Waals surface area contributed by atoms with Crippen LogP contribution in [0, 0.1) is 10.1 Å². The van der Waals surface area contributed by atoms with Crippen molar-refractivity contribution >= 4 is 35.1 Å². The summed E-state index contributed by atoms with van der Waals surface area (Å²) >= 11 is 1.42. The molecule has 4 rings (SSSR count). The number of allylic oxidation sites excluding steroid dienone is 1. The fraction of sp³-hybridized carbons (Fsp3) is 0.207. The fourth-order valence-corrected chi connectivity index (χ4v) is 4.95. The van der Waals surface area contributed by atoms with Crippen molar-refractivity contribution in [1.82, 2.24) is 5.32 Å². The van der Waals surface area contributed by atoms with Gasteiger partial charge in [0.1, 0.15) is 6.61 Å². The molecule has 1 amide bonds. The van der Waals surface area contributed by atoms with Crippen LogP contribution >= 0.6 is 11.8 Å². The van der Waals surface area contributed by atoms with Crippen LogP contribution < -0.4 is 20.1 Å². The zero-order valence-corrected chi connectivity index (χ0v) is 22.0. The first-order chi connectivity index (χ1) is 18.4. The number of thioether (sulfide) groups is 1. The Hall–Kier alpha value is -4.24. The van der Waals surface area contributed by atoms with Gasteiger partial charge >= 0.3 is 0 Å². The number of carbonyl (C=O) groups is 1. The molecule has 1 atom stereocenters. The molecule has 38 heavy (non-hydrogen) atoms. The lowest BCUT2D eigenvalue weighted by molar-refractivity contribution is -0.384. The summed E-state index contributed by atoms with van der Waals surface area (Å²) in [4.78, 5) is 23.7. The van der Waals surface area contributed by atoms with Gasteiger partial charge in [0.05, 0.1) is 16.9 Å². The molecular weight excluding hydrogens is 502 g/mol. The van der Waals surface area contributed by atoms with Crippen LogP contribution in [0.4, 0.5) is 11.4 Å². The molecule has 9 heteroatoms. The largest absolute Gasteiger partial charge is 0.493 e. The van der Waals surface area contributed by atoms with E-state index in [0.29, 0.717) is 22.8 Å². The summed E-state index contributed by atoms with van der Waals surface area (Å²) in [7, 11) is 1.56. The van der Waals surface area contributed by atoms with E-state index < -0.39 is 4.92 Å². The van der Waals surface area contributed by atoms with Gasteiger partial charge in [0.15, 0.2) is 17.0 Å². The Morgan fingerprint density at radius 2 is 1.84 bits per heavy atom. The molecule has 0 bridgehead atoms. The highest BCUT2D eigenvalue weighted by Gasteiger charge is 2.27.